The molecule has 198 valence electrons. The number of hydrogen-bond donors (Lipinski definition) is 2. The molecule has 1 aliphatic rings. The average Bonchev–Trinajstić information content (AvgIpc) is 3.51. The molecule has 0 aliphatic carbocycles. The quantitative estimate of drug-likeness (QED) is 0.306. The van der Waals surface area contributed by atoms with Gasteiger partial charge in [-0.3, -0.25) is 10.1 Å². The van der Waals surface area contributed by atoms with Gasteiger partial charge in [0.1, 0.15) is 23.3 Å². The van der Waals surface area contributed by atoms with Crippen LogP contribution in [0.3, 0.4) is 0 Å². The van der Waals surface area contributed by atoms with E-state index in [0.29, 0.717) is 51.8 Å². The second-order valence-corrected chi connectivity index (χ2v) is 10.7. The Bertz CT molecular complexity index is 1700. The summed E-state index contributed by atoms with van der Waals surface area (Å²) in [5.41, 5.74) is 2.61. The van der Waals surface area contributed by atoms with E-state index in [9.17, 15) is 14.0 Å². The number of H-pyrrole nitrogens is 1. The van der Waals surface area contributed by atoms with Gasteiger partial charge in [0.15, 0.2) is 0 Å². The van der Waals surface area contributed by atoms with E-state index in [1.807, 2.05) is 6.07 Å². The summed E-state index contributed by atoms with van der Waals surface area (Å²) in [5.74, 6) is -0.0329. The van der Waals surface area contributed by atoms with E-state index in [2.05, 4.69) is 15.3 Å². The molecule has 1 amide bonds. The number of aromatic amines is 1. The molecule has 1 unspecified atom stereocenters. The van der Waals surface area contributed by atoms with Gasteiger partial charge in [0.25, 0.3) is 5.56 Å². The number of hydrogen-bond acceptors (Lipinski definition) is 5. The molecule has 10 heteroatoms. The smallest absolute Gasteiger partial charge is 0.412 e. The van der Waals surface area contributed by atoms with Gasteiger partial charge < -0.3 is 14.3 Å². The number of rotatable bonds is 4. The lowest BCUT2D eigenvalue weighted by molar-refractivity contribution is 0.0636. The van der Waals surface area contributed by atoms with Crippen molar-refractivity contribution in [3.05, 3.63) is 93.0 Å². The lowest BCUT2D eigenvalue weighted by Crippen LogP contribution is -2.27. The number of carbonyl (C=O) groups excluding carboxylic acids is 1. The van der Waals surface area contributed by atoms with Crippen molar-refractivity contribution in [1.29, 1.82) is 5.26 Å². The van der Waals surface area contributed by atoms with Crippen LogP contribution in [0, 0.1) is 17.1 Å². The van der Waals surface area contributed by atoms with Crippen molar-refractivity contribution in [2.24, 2.45) is 0 Å². The highest BCUT2D eigenvalue weighted by Gasteiger charge is 2.28. The van der Waals surface area contributed by atoms with Crippen molar-refractivity contribution in [2.45, 2.75) is 45.3 Å². The monoisotopic (exact) mass is 545 g/mol. The predicted octanol–water partition coefficient (Wildman–Crippen LogP) is 6.45. The summed E-state index contributed by atoms with van der Waals surface area (Å²) in [6, 6.07) is 14.2. The first-order chi connectivity index (χ1) is 18.5. The maximum Gasteiger partial charge on any atom is 0.412 e. The largest absolute Gasteiger partial charge is 0.444 e. The van der Waals surface area contributed by atoms with Crippen molar-refractivity contribution in [3.8, 4) is 28.5 Å². The van der Waals surface area contributed by atoms with E-state index in [-0.39, 0.29) is 17.2 Å². The first kappa shape index (κ1) is 26.2. The van der Waals surface area contributed by atoms with E-state index in [4.69, 9.17) is 21.6 Å². The van der Waals surface area contributed by atoms with Crippen LogP contribution in [0.1, 0.15) is 50.3 Å². The Hall–Kier alpha value is -4.42. The van der Waals surface area contributed by atoms with E-state index < -0.39 is 17.5 Å². The number of pyridine rings is 1. The van der Waals surface area contributed by atoms with Gasteiger partial charge in [-0.05, 0) is 75.6 Å². The topological polar surface area (TPSA) is 113 Å². The summed E-state index contributed by atoms with van der Waals surface area (Å²) in [4.78, 5) is 33.6. The summed E-state index contributed by atoms with van der Waals surface area (Å²) in [7, 11) is 0. The number of aromatic nitrogens is 3. The van der Waals surface area contributed by atoms with Crippen molar-refractivity contribution >= 4 is 23.4 Å². The highest BCUT2D eigenvalue weighted by Crippen LogP contribution is 2.35. The molecule has 3 heterocycles. The number of carbonyl (C=O) groups is 1. The summed E-state index contributed by atoms with van der Waals surface area (Å²) in [6.07, 6.45) is 2.32. The SMILES string of the molecule is CC(C)(C)OC(=O)Nc1ccc(Cl)cc1-c1cc2n(c(=O)c1)C(c1nc(-c3ccc(C#N)c(F)c3)c[nH]1)CC2. The minimum Gasteiger partial charge on any atom is -0.444 e. The minimum atomic E-state index is -0.669. The molecule has 5 rings (SSSR count). The van der Waals surface area contributed by atoms with Crippen LogP contribution >= 0.6 is 11.6 Å². The molecule has 2 N–H and O–H groups in total. The van der Waals surface area contributed by atoms with Crippen molar-refractivity contribution in [3.63, 3.8) is 0 Å². The standard InChI is InChI=1S/C29H25ClFN5O3/c1-29(2,3)39-28(38)35-23-8-6-19(30)13-21(23)18-10-20-7-9-25(36(20)26(37)12-18)27-33-15-24(34-27)16-4-5-17(14-32)22(31)11-16/h4-6,8,10-13,15,25H,7,9H2,1-3H3,(H,33,34)(H,35,38). The lowest BCUT2D eigenvalue weighted by Gasteiger charge is -2.21. The molecule has 0 saturated carbocycles. The second kappa shape index (κ2) is 10.0. The van der Waals surface area contributed by atoms with Crippen LogP contribution in [-0.2, 0) is 11.2 Å². The number of halogens is 2. The van der Waals surface area contributed by atoms with Gasteiger partial charge in [0, 0.05) is 34.1 Å². The normalized spacial score (nSPS) is 14.5. The van der Waals surface area contributed by atoms with Crippen LogP contribution in [0.15, 0.2) is 59.5 Å². The Morgan fingerprint density at radius 1 is 1.21 bits per heavy atom. The van der Waals surface area contributed by atoms with Gasteiger partial charge in [-0.25, -0.2) is 14.2 Å². The molecule has 0 bridgehead atoms. The van der Waals surface area contributed by atoms with Crippen LogP contribution in [-0.4, -0.2) is 26.2 Å². The number of imidazole rings is 1. The molecule has 1 aliphatic heterocycles. The van der Waals surface area contributed by atoms with Crippen LogP contribution < -0.4 is 10.9 Å². The Balaban J connectivity index is 1.46. The van der Waals surface area contributed by atoms with Gasteiger partial charge in [-0.2, -0.15) is 5.26 Å². The number of nitriles is 1. The van der Waals surface area contributed by atoms with Gasteiger partial charge in [0.05, 0.1) is 23.0 Å². The van der Waals surface area contributed by atoms with Crippen molar-refractivity contribution in [1.82, 2.24) is 14.5 Å². The predicted molar refractivity (Wildman–Crippen MR) is 146 cm³/mol. The fourth-order valence-electron chi connectivity index (χ4n) is 4.71. The van der Waals surface area contributed by atoms with E-state index >= 15 is 0 Å². The zero-order chi connectivity index (χ0) is 27.9. The second-order valence-electron chi connectivity index (χ2n) is 10.3. The molecule has 39 heavy (non-hydrogen) atoms. The highest BCUT2D eigenvalue weighted by molar-refractivity contribution is 6.31. The Morgan fingerprint density at radius 2 is 2.00 bits per heavy atom. The summed E-state index contributed by atoms with van der Waals surface area (Å²) < 4.78 is 21.2. The summed E-state index contributed by atoms with van der Waals surface area (Å²) in [6.45, 7) is 5.33. The molecule has 2 aromatic heterocycles. The minimum absolute atomic E-state index is 0.0364. The third-order valence-corrected chi connectivity index (χ3v) is 6.60. The Kier molecular flexibility index (Phi) is 6.74. The van der Waals surface area contributed by atoms with Gasteiger partial charge >= 0.3 is 6.09 Å². The zero-order valence-corrected chi connectivity index (χ0v) is 22.3. The van der Waals surface area contributed by atoms with E-state index in [1.54, 1.807) is 61.9 Å². The number of fused-ring (bicyclic) bond motifs is 1. The molecule has 1 atom stereocenters. The first-order valence-corrected chi connectivity index (χ1v) is 12.7. The molecule has 0 radical (unpaired) electrons. The molecule has 8 nitrogen and oxygen atoms in total. The average molecular weight is 546 g/mol. The molecule has 0 saturated heterocycles. The molecule has 0 fully saturated rings. The zero-order valence-electron chi connectivity index (χ0n) is 21.5. The first-order valence-electron chi connectivity index (χ1n) is 12.3. The fraction of sp³-hybridized carbons (Fsp3) is 0.241. The maximum absolute atomic E-state index is 14.1. The number of aryl methyl sites for hydroxylation is 1. The Morgan fingerprint density at radius 3 is 2.72 bits per heavy atom. The maximum atomic E-state index is 14.1. The lowest BCUT2D eigenvalue weighted by atomic mass is 10.0. The number of ether oxygens (including phenoxy) is 1. The molecule has 2 aromatic carbocycles. The van der Waals surface area contributed by atoms with Crippen LogP contribution in [0.2, 0.25) is 5.02 Å². The highest BCUT2D eigenvalue weighted by atomic mass is 35.5. The third-order valence-electron chi connectivity index (χ3n) is 6.36. The molecule has 4 aromatic rings. The van der Waals surface area contributed by atoms with Crippen molar-refractivity contribution in [2.75, 3.05) is 5.32 Å². The number of amides is 1. The summed E-state index contributed by atoms with van der Waals surface area (Å²) in [5, 5.41) is 12.2. The third kappa shape index (κ3) is 5.42. The fourth-order valence-corrected chi connectivity index (χ4v) is 4.88. The van der Waals surface area contributed by atoms with Gasteiger partial charge in [0.2, 0.25) is 0 Å². The molecular formula is C29H25ClFN5O3. The number of anilines is 1. The van der Waals surface area contributed by atoms with Crippen molar-refractivity contribution < 1.29 is 13.9 Å². The summed E-state index contributed by atoms with van der Waals surface area (Å²) >= 11 is 6.27. The van der Waals surface area contributed by atoms with Crippen LogP contribution in [0.5, 0.6) is 0 Å². The van der Waals surface area contributed by atoms with Gasteiger partial charge in [-0.1, -0.05) is 17.7 Å². The van der Waals surface area contributed by atoms with Gasteiger partial charge in [-0.15, -0.1) is 0 Å². The number of benzene rings is 2. The molecular weight excluding hydrogens is 521 g/mol. The van der Waals surface area contributed by atoms with Crippen LogP contribution in [0.25, 0.3) is 22.4 Å². The van der Waals surface area contributed by atoms with E-state index in [1.165, 1.54) is 18.2 Å². The number of nitrogens with one attached hydrogen (secondary N) is 2. The molecule has 0 spiro atoms. The van der Waals surface area contributed by atoms with Crippen LogP contribution in [0.4, 0.5) is 14.9 Å². The number of nitrogens with zero attached hydrogens (tertiary/aromatic N) is 3. The van der Waals surface area contributed by atoms with E-state index in [0.717, 1.165) is 5.69 Å². The Labute approximate surface area is 229 Å².